The van der Waals surface area contributed by atoms with Crippen molar-refractivity contribution in [1.82, 2.24) is 0 Å². The van der Waals surface area contributed by atoms with E-state index in [1.54, 1.807) is 0 Å². The number of rotatable bonds is 5. The van der Waals surface area contributed by atoms with Crippen LogP contribution >= 0.6 is 0 Å². The first kappa shape index (κ1) is 13.5. The summed E-state index contributed by atoms with van der Waals surface area (Å²) in [5.74, 6) is 0. The summed E-state index contributed by atoms with van der Waals surface area (Å²) in [5, 5.41) is 0. The maximum absolute atomic E-state index is 10.4. The molecular weight excluding hydrogens is 204 g/mol. The summed E-state index contributed by atoms with van der Waals surface area (Å²) in [5.41, 5.74) is 0.113. The maximum Gasteiger partial charge on any atom is 0.295 e. The van der Waals surface area contributed by atoms with Crippen molar-refractivity contribution >= 4 is 6.47 Å². The van der Waals surface area contributed by atoms with E-state index in [1.807, 2.05) is 0 Å². The molecule has 1 fully saturated rings. The van der Waals surface area contributed by atoms with Gasteiger partial charge in [-0.15, -0.1) is 0 Å². The Kier molecular flexibility index (Phi) is 5.26. The van der Waals surface area contributed by atoms with Crippen LogP contribution in [-0.4, -0.2) is 18.9 Å². The van der Waals surface area contributed by atoms with E-state index in [9.17, 15) is 4.79 Å². The monoisotopic (exact) mass is 228 g/mol. The zero-order chi connectivity index (χ0) is 12.0. The third-order valence-corrected chi connectivity index (χ3v) is 2.88. The van der Waals surface area contributed by atoms with Crippen LogP contribution in [0.1, 0.15) is 59.3 Å². The summed E-state index contributed by atoms with van der Waals surface area (Å²) < 4.78 is 10.9. The summed E-state index contributed by atoms with van der Waals surface area (Å²) in [7, 11) is 0. The van der Waals surface area contributed by atoms with Gasteiger partial charge in [0.05, 0.1) is 6.10 Å². The zero-order valence-corrected chi connectivity index (χ0v) is 10.7. The SMILES string of the molecule is CC(C)(C)CC(OC=O)OC1CCCCC1. The highest BCUT2D eigenvalue weighted by atomic mass is 16.7. The number of carbonyl (C=O) groups is 1. The van der Waals surface area contributed by atoms with Gasteiger partial charge in [0, 0.05) is 6.42 Å². The van der Waals surface area contributed by atoms with Gasteiger partial charge in [0.1, 0.15) is 0 Å². The van der Waals surface area contributed by atoms with Crippen LogP contribution in [0.5, 0.6) is 0 Å². The molecule has 1 saturated carbocycles. The van der Waals surface area contributed by atoms with Crippen molar-refractivity contribution in [1.29, 1.82) is 0 Å². The molecule has 1 aliphatic carbocycles. The molecule has 0 aromatic carbocycles. The van der Waals surface area contributed by atoms with Crippen molar-refractivity contribution in [3.8, 4) is 0 Å². The number of ether oxygens (including phenoxy) is 2. The van der Waals surface area contributed by atoms with Crippen LogP contribution < -0.4 is 0 Å². The Hall–Kier alpha value is -0.570. The molecule has 0 spiro atoms. The molecule has 0 aromatic rings. The largest absolute Gasteiger partial charge is 0.438 e. The minimum atomic E-state index is -0.374. The number of hydrogen-bond acceptors (Lipinski definition) is 3. The predicted octanol–water partition coefficient (Wildman–Crippen LogP) is 3.27. The van der Waals surface area contributed by atoms with E-state index < -0.39 is 0 Å². The van der Waals surface area contributed by atoms with Gasteiger partial charge in [-0.25, -0.2) is 0 Å². The van der Waals surface area contributed by atoms with Crippen LogP contribution in [0.25, 0.3) is 0 Å². The van der Waals surface area contributed by atoms with E-state index in [1.165, 1.54) is 19.3 Å². The fourth-order valence-corrected chi connectivity index (χ4v) is 2.11. The normalized spacial score (nSPS) is 20.4. The van der Waals surface area contributed by atoms with Crippen molar-refractivity contribution < 1.29 is 14.3 Å². The third kappa shape index (κ3) is 5.50. The predicted molar refractivity (Wildman–Crippen MR) is 63.0 cm³/mol. The summed E-state index contributed by atoms with van der Waals surface area (Å²) in [6, 6.07) is 0. The summed E-state index contributed by atoms with van der Waals surface area (Å²) in [4.78, 5) is 10.4. The molecule has 16 heavy (non-hydrogen) atoms. The Morgan fingerprint density at radius 1 is 1.25 bits per heavy atom. The first-order valence-corrected chi connectivity index (χ1v) is 6.26. The van der Waals surface area contributed by atoms with Gasteiger partial charge in [-0.1, -0.05) is 40.0 Å². The standard InChI is InChI=1S/C13H24O3/c1-13(2,3)9-12(15-10-14)16-11-7-5-4-6-8-11/h10-12H,4-9H2,1-3H3. The lowest BCUT2D eigenvalue weighted by atomic mass is 9.91. The van der Waals surface area contributed by atoms with Crippen molar-refractivity contribution in [2.45, 2.75) is 71.7 Å². The number of hydrogen-bond donors (Lipinski definition) is 0. The maximum atomic E-state index is 10.4. The third-order valence-electron chi connectivity index (χ3n) is 2.88. The Morgan fingerprint density at radius 3 is 2.38 bits per heavy atom. The minimum absolute atomic E-state index is 0.113. The van der Waals surface area contributed by atoms with Crippen LogP contribution in [0.4, 0.5) is 0 Å². The van der Waals surface area contributed by atoms with Crippen LogP contribution in [0.3, 0.4) is 0 Å². The molecule has 0 aliphatic heterocycles. The van der Waals surface area contributed by atoms with Gasteiger partial charge in [0.2, 0.25) is 6.29 Å². The molecule has 0 aromatic heterocycles. The van der Waals surface area contributed by atoms with Crippen LogP contribution in [0.15, 0.2) is 0 Å². The summed E-state index contributed by atoms with van der Waals surface area (Å²) in [6.45, 7) is 6.87. The molecule has 0 heterocycles. The average Bonchev–Trinajstić information content (AvgIpc) is 2.17. The fourth-order valence-electron chi connectivity index (χ4n) is 2.11. The molecule has 1 unspecified atom stereocenters. The highest BCUT2D eigenvalue weighted by Gasteiger charge is 2.24. The van der Waals surface area contributed by atoms with Crippen molar-refractivity contribution in [3.63, 3.8) is 0 Å². The van der Waals surface area contributed by atoms with Crippen LogP contribution in [0.2, 0.25) is 0 Å². The molecule has 1 atom stereocenters. The quantitative estimate of drug-likeness (QED) is 0.535. The zero-order valence-electron chi connectivity index (χ0n) is 10.7. The van der Waals surface area contributed by atoms with Crippen molar-refractivity contribution in [3.05, 3.63) is 0 Å². The van der Waals surface area contributed by atoms with Gasteiger partial charge >= 0.3 is 0 Å². The Labute approximate surface area is 98.5 Å². The first-order chi connectivity index (χ1) is 7.51. The molecular formula is C13H24O3. The molecule has 0 amide bonds. The summed E-state index contributed by atoms with van der Waals surface area (Å²) in [6.07, 6.45) is 6.62. The first-order valence-electron chi connectivity index (χ1n) is 6.26. The lowest BCUT2D eigenvalue weighted by Crippen LogP contribution is -2.29. The second-order valence-corrected chi connectivity index (χ2v) is 5.82. The lowest BCUT2D eigenvalue weighted by Gasteiger charge is -2.30. The topological polar surface area (TPSA) is 35.5 Å². The Balaban J connectivity index is 2.39. The van der Waals surface area contributed by atoms with Gasteiger partial charge < -0.3 is 9.47 Å². The van der Waals surface area contributed by atoms with Gasteiger partial charge in [-0.05, 0) is 18.3 Å². The molecule has 1 aliphatic rings. The van der Waals surface area contributed by atoms with Crippen molar-refractivity contribution in [2.75, 3.05) is 0 Å². The van der Waals surface area contributed by atoms with E-state index in [2.05, 4.69) is 20.8 Å². The smallest absolute Gasteiger partial charge is 0.295 e. The fraction of sp³-hybridized carbons (Fsp3) is 0.923. The van der Waals surface area contributed by atoms with Gasteiger partial charge in [0.25, 0.3) is 6.47 Å². The van der Waals surface area contributed by atoms with Gasteiger partial charge in [-0.2, -0.15) is 0 Å². The van der Waals surface area contributed by atoms with E-state index >= 15 is 0 Å². The Bertz CT molecular complexity index is 202. The molecule has 0 radical (unpaired) electrons. The van der Waals surface area contributed by atoms with Crippen LogP contribution in [0, 0.1) is 5.41 Å². The van der Waals surface area contributed by atoms with E-state index in [0.29, 0.717) is 6.47 Å². The van der Waals surface area contributed by atoms with E-state index in [4.69, 9.17) is 9.47 Å². The second kappa shape index (κ2) is 6.24. The van der Waals surface area contributed by atoms with Crippen molar-refractivity contribution in [2.24, 2.45) is 5.41 Å². The Morgan fingerprint density at radius 2 is 1.88 bits per heavy atom. The van der Waals surface area contributed by atoms with E-state index in [-0.39, 0.29) is 17.8 Å². The minimum Gasteiger partial charge on any atom is -0.438 e. The molecule has 0 N–H and O–H groups in total. The molecule has 0 saturated heterocycles. The van der Waals surface area contributed by atoms with Gasteiger partial charge in [-0.3, -0.25) is 4.79 Å². The highest BCUT2D eigenvalue weighted by Crippen LogP contribution is 2.27. The van der Waals surface area contributed by atoms with Gasteiger partial charge in [0.15, 0.2) is 0 Å². The second-order valence-electron chi connectivity index (χ2n) is 5.82. The highest BCUT2D eigenvalue weighted by molar-refractivity contribution is 5.37. The van der Waals surface area contributed by atoms with E-state index in [0.717, 1.165) is 19.3 Å². The average molecular weight is 228 g/mol. The molecule has 0 bridgehead atoms. The summed E-state index contributed by atoms with van der Waals surface area (Å²) >= 11 is 0. The molecule has 1 rings (SSSR count). The lowest BCUT2D eigenvalue weighted by molar-refractivity contribution is -0.187. The molecule has 3 nitrogen and oxygen atoms in total. The van der Waals surface area contributed by atoms with Crippen LogP contribution in [-0.2, 0) is 14.3 Å². The number of carbonyl (C=O) groups excluding carboxylic acids is 1. The molecule has 3 heteroatoms. The molecule has 94 valence electrons.